The van der Waals surface area contributed by atoms with Gasteiger partial charge in [0.1, 0.15) is 12.3 Å². The monoisotopic (exact) mass is 561 g/mol. The molecule has 12 heteroatoms. The lowest BCUT2D eigenvalue weighted by molar-refractivity contribution is -0.143. The smallest absolute Gasteiger partial charge is 0.326 e. The van der Waals surface area contributed by atoms with Gasteiger partial charge in [0.05, 0.1) is 40.5 Å². The Morgan fingerprint density at radius 3 is 2.37 bits per heavy atom. The molecule has 0 radical (unpaired) electrons. The Kier molecular flexibility index (Phi) is 8.66. The SMILES string of the molecule is CCOC(=O)Cn1c(=NC(=O)c2ccc(S(=O)(=O)N3CC(C)OC(C)C3)cc2)sc2cc(OCC)ccc21. The molecule has 0 spiro atoms. The maximum atomic E-state index is 13.1. The number of carbonyl (C=O) groups excluding carboxylic acids is 2. The molecule has 4 rings (SSSR count). The van der Waals surface area contributed by atoms with Crippen LogP contribution < -0.4 is 9.54 Å². The van der Waals surface area contributed by atoms with E-state index in [1.54, 1.807) is 17.6 Å². The zero-order valence-electron chi connectivity index (χ0n) is 21.7. The first kappa shape index (κ1) is 28.0. The van der Waals surface area contributed by atoms with E-state index in [-0.39, 0.29) is 48.9 Å². The number of benzene rings is 2. The van der Waals surface area contributed by atoms with E-state index >= 15 is 0 Å². The number of fused-ring (bicyclic) bond motifs is 1. The zero-order valence-corrected chi connectivity index (χ0v) is 23.4. The second kappa shape index (κ2) is 11.8. The predicted octanol–water partition coefficient (Wildman–Crippen LogP) is 3.20. The van der Waals surface area contributed by atoms with Crippen molar-refractivity contribution in [2.75, 3.05) is 26.3 Å². The molecule has 1 fully saturated rings. The van der Waals surface area contributed by atoms with Crippen molar-refractivity contribution >= 4 is 43.5 Å². The first-order valence-corrected chi connectivity index (χ1v) is 14.6. The van der Waals surface area contributed by atoms with Crippen LogP contribution in [0.15, 0.2) is 52.4 Å². The van der Waals surface area contributed by atoms with Crippen LogP contribution in [0.25, 0.3) is 10.2 Å². The van der Waals surface area contributed by atoms with Crippen molar-refractivity contribution in [2.24, 2.45) is 4.99 Å². The quantitative estimate of drug-likeness (QED) is 0.388. The number of sulfonamides is 1. The largest absolute Gasteiger partial charge is 0.494 e. The highest BCUT2D eigenvalue weighted by molar-refractivity contribution is 7.89. The normalized spacial score (nSPS) is 19.0. The summed E-state index contributed by atoms with van der Waals surface area (Å²) in [4.78, 5) is 30.0. The summed E-state index contributed by atoms with van der Waals surface area (Å²) >= 11 is 1.25. The first-order valence-electron chi connectivity index (χ1n) is 12.4. The molecule has 2 aromatic carbocycles. The van der Waals surface area contributed by atoms with Crippen LogP contribution in [-0.4, -0.2) is 67.7 Å². The molecular weight excluding hydrogens is 530 g/mol. The maximum absolute atomic E-state index is 13.1. The summed E-state index contributed by atoms with van der Waals surface area (Å²) in [7, 11) is -3.74. The van der Waals surface area contributed by atoms with E-state index in [1.807, 2.05) is 32.9 Å². The molecule has 10 nitrogen and oxygen atoms in total. The van der Waals surface area contributed by atoms with E-state index in [1.165, 1.54) is 39.9 Å². The molecule has 2 heterocycles. The van der Waals surface area contributed by atoms with Crippen molar-refractivity contribution in [2.45, 2.75) is 51.3 Å². The van der Waals surface area contributed by atoms with E-state index in [0.717, 1.165) is 4.70 Å². The Hall–Kier alpha value is -3.06. The number of aromatic nitrogens is 1. The second-order valence-corrected chi connectivity index (χ2v) is 11.8. The minimum Gasteiger partial charge on any atom is -0.494 e. The summed E-state index contributed by atoms with van der Waals surface area (Å²) in [6.07, 6.45) is -0.416. The Balaban J connectivity index is 1.65. The van der Waals surface area contributed by atoms with Crippen LogP contribution in [0.5, 0.6) is 5.75 Å². The minimum absolute atomic E-state index is 0.0954. The zero-order chi connectivity index (χ0) is 27.4. The van der Waals surface area contributed by atoms with Crippen LogP contribution in [0, 0.1) is 0 Å². The molecule has 1 aliphatic heterocycles. The number of thiazole rings is 1. The summed E-state index contributed by atoms with van der Waals surface area (Å²) in [5, 5.41) is 0. The number of rotatable bonds is 8. The lowest BCUT2D eigenvalue weighted by atomic mass is 10.2. The van der Waals surface area contributed by atoms with Crippen LogP contribution >= 0.6 is 11.3 Å². The molecule has 0 saturated carbocycles. The van der Waals surface area contributed by atoms with Gasteiger partial charge in [0, 0.05) is 18.7 Å². The third kappa shape index (κ3) is 6.15. The Morgan fingerprint density at radius 2 is 1.74 bits per heavy atom. The van der Waals surface area contributed by atoms with Crippen molar-refractivity contribution < 1.29 is 32.2 Å². The Morgan fingerprint density at radius 1 is 1.05 bits per heavy atom. The fourth-order valence-electron chi connectivity index (χ4n) is 4.28. The van der Waals surface area contributed by atoms with Gasteiger partial charge < -0.3 is 18.8 Å². The summed E-state index contributed by atoms with van der Waals surface area (Å²) in [5.74, 6) is -0.337. The van der Waals surface area contributed by atoms with Crippen LogP contribution in [-0.2, 0) is 30.8 Å². The van der Waals surface area contributed by atoms with Crippen molar-refractivity contribution in [3.8, 4) is 5.75 Å². The number of hydrogen-bond acceptors (Lipinski definition) is 8. The van der Waals surface area contributed by atoms with E-state index in [0.29, 0.717) is 22.7 Å². The highest BCUT2D eigenvalue weighted by atomic mass is 32.2. The molecule has 1 aliphatic rings. The predicted molar refractivity (Wildman–Crippen MR) is 143 cm³/mol. The van der Waals surface area contributed by atoms with Gasteiger partial charge in [-0.2, -0.15) is 9.30 Å². The number of nitrogens with zero attached hydrogens (tertiary/aromatic N) is 3. The summed E-state index contributed by atoms with van der Waals surface area (Å²) in [6, 6.07) is 11.2. The molecule has 0 bridgehead atoms. The molecule has 1 aromatic heterocycles. The summed E-state index contributed by atoms with van der Waals surface area (Å²) in [5.41, 5.74) is 0.941. The van der Waals surface area contributed by atoms with E-state index in [9.17, 15) is 18.0 Å². The third-order valence-corrected chi connectivity index (χ3v) is 8.77. The summed E-state index contributed by atoms with van der Waals surface area (Å²) in [6.45, 7) is 8.44. The van der Waals surface area contributed by atoms with Crippen molar-refractivity contribution in [3.05, 3.63) is 52.8 Å². The number of amides is 1. The molecule has 38 heavy (non-hydrogen) atoms. The third-order valence-electron chi connectivity index (χ3n) is 5.88. The van der Waals surface area contributed by atoms with Crippen molar-refractivity contribution in [3.63, 3.8) is 0 Å². The number of ether oxygens (including phenoxy) is 3. The number of carbonyl (C=O) groups is 2. The minimum atomic E-state index is -3.74. The molecule has 3 aromatic rings. The standard InChI is InChI=1S/C26H31N3O7S2/c1-5-34-20-9-12-22-23(13-20)37-26(29(22)16-24(30)35-6-2)27-25(31)19-7-10-21(11-8-19)38(32,33)28-14-17(3)36-18(4)15-28/h7-13,17-18H,5-6,14-16H2,1-4H3. The van der Waals surface area contributed by atoms with Crippen LogP contribution in [0.2, 0.25) is 0 Å². The number of esters is 1. The van der Waals surface area contributed by atoms with Gasteiger partial charge >= 0.3 is 5.97 Å². The average molecular weight is 562 g/mol. The number of morpholine rings is 1. The molecule has 2 atom stereocenters. The summed E-state index contributed by atoms with van der Waals surface area (Å²) < 4.78 is 46.4. The van der Waals surface area contributed by atoms with Gasteiger partial charge in [-0.25, -0.2) is 8.42 Å². The number of hydrogen-bond donors (Lipinski definition) is 0. The lowest BCUT2D eigenvalue weighted by Crippen LogP contribution is -2.48. The average Bonchev–Trinajstić information content (AvgIpc) is 3.19. The fourth-order valence-corrected chi connectivity index (χ4v) is 6.93. The van der Waals surface area contributed by atoms with Crippen molar-refractivity contribution in [1.29, 1.82) is 0 Å². The molecule has 0 N–H and O–H groups in total. The van der Waals surface area contributed by atoms with Gasteiger partial charge in [0.15, 0.2) is 4.80 Å². The van der Waals surface area contributed by atoms with Gasteiger partial charge in [0.2, 0.25) is 10.0 Å². The highest BCUT2D eigenvalue weighted by Crippen LogP contribution is 2.24. The molecular formula is C26H31N3O7S2. The van der Waals surface area contributed by atoms with Crippen LogP contribution in [0.4, 0.5) is 0 Å². The van der Waals surface area contributed by atoms with Gasteiger partial charge in [-0.15, -0.1) is 0 Å². The van der Waals surface area contributed by atoms with Crippen molar-refractivity contribution in [1.82, 2.24) is 8.87 Å². The Labute approximate surface area is 225 Å². The van der Waals surface area contributed by atoms with Gasteiger partial charge in [-0.05, 0) is 70.2 Å². The van der Waals surface area contributed by atoms with E-state index in [2.05, 4.69) is 4.99 Å². The molecule has 204 valence electrons. The van der Waals surface area contributed by atoms with E-state index < -0.39 is 21.9 Å². The molecule has 1 amide bonds. The molecule has 0 aliphatic carbocycles. The van der Waals surface area contributed by atoms with Crippen LogP contribution in [0.1, 0.15) is 38.1 Å². The van der Waals surface area contributed by atoms with Gasteiger partial charge in [-0.1, -0.05) is 11.3 Å². The topological polar surface area (TPSA) is 117 Å². The van der Waals surface area contributed by atoms with Crippen LogP contribution in [0.3, 0.4) is 0 Å². The van der Waals surface area contributed by atoms with Gasteiger partial charge in [-0.3, -0.25) is 9.59 Å². The molecule has 2 unspecified atom stereocenters. The maximum Gasteiger partial charge on any atom is 0.326 e. The van der Waals surface area contributed by atoms with E-state index in [4.69, 9.17) is 14.2 Å². The molecule has 1 saturated heterocycles. The van der Waals surface area contributed by atoms with Gasteiger partial charge in [0.25, 0.3) is 5.91 Å². The highest BCUT2D eigenvalue weighted by Gasteiger charge is 2.32. The Bertz CT molecular complexity index is 1480. The second-order valence-electron chi connectivity index (χ2n) is 8.86. The fraction of sp³-hybridized carbons (Fsp3) is 0.423. The first-order chi connectivity index (χ1) is 18.1. The lowest BCUT2D eigenvalue weighted by Gasteiger charge is -2.34.